The lowest BCUT2D eigenvalue weighted by Crippen LogP contribution is -2.22. The van der Waals surface area contributed by atoms with Crippen LogP contribution >= 0.6 is 0 Å². The van der Waals surface area contributed by atoms with Gasteiger partial charge in [0.25, 0.3) is 0 Å². The molecule has 1 aromatic rings. The smallest absolute Gasteiger partial charge is 0.220 e. The number of aliphatic hydroxyl groups excluding tert-OH is 2. The Balaban J connectivity index is 1.64. The Morgan fingerprint density at radius 2 is 1.72 bits per heavy atom. The number of benzene rings is 1. The monoisotopic (exact) mass is 548 g/mol. The molecule has 220 valence electrons. The van der Waals surface area contributed by atoms with Crippen LogP contribution in [0.15, 0.2) is 36.4 Å². The lowest BCUT2D eigenvalue weighted by molar-refractivity contribution is -0.497. The highest BCUT2D eigenvalue weighted by atomic mass is 17.1. The Morgan fingerprint density at radius 3 is 2.49 bits per heavy atom. The van der Waals surface area contributed by atoms with E-state index in [9.17, 15) is 19.8 Å². The highest BCUT2D eigenvalue weighted by Gasteiger charge is 2.40. The van der Waals surface area contributed by atoms with Crippen molar-refractivity contribution in [2.24, 2.45) is 11.8 Å². The second-order valence-electron chi connectivity index (χ2n) is 10.7. The van der Waals surface area contributed by atoms with E-state index in [4.69, 9.17) is 10.4 Å². The van der Waals surface area contributed by atoms with Crippen molar-refractivity contribution in [1.29, 1.82) is 0 Å². The molecular weight excluding hydrogens is 500 g/mol. The Bertz CT molecular complexity index is 877. The van der Waals surface area contributed by atoms with Crippen LogP contribution in [0.2, 0.25) is 0 Å². The predicted octanol–water partition coefficient (Wildman–Crippen LogP) is 5.00. The van der Waals surface area contributed by atoms with Gasteiger partial charge in [-0.25, -0.2) is 4.84 Å². The highest BCUT2D eigenvalue weighted by molar-refractivity contribution is 5.78. The Morgan fingerprint density at radius 1 is 0.974 bits per heavy atom. The average molecular weight is 549 g/mol. The van der Waals surface area contributed by atoms with E-state index in [1.807, 2.05) is 30.4 Å². The molecule has 2 rings (SSSR count). The molecule has 0 heterocycles. The number of unbranched alkanes of at least 4 members (excludes halogenated alkanes) is 5. The molecule has 1 aliphatic rings. The van der Waals surface area contributed by atoms with Gasteiger partial charge < -0.3 is 15.5 Å². The summed E-state index contributed by atoms with van der Waals surface area (Å²) in [6.07, 6.45) is 13.1. The number of amides is 1. The molecule has 0 bridgehead atoms. The van der Waals surface area contributed by atoms with Crippen molar-refractivity contribution in [1.82, 2.24) is 10.7 Å². The minimum atomic E-state index is -0.563. The van der Waals surface area contributed by atoms with Crippen LogP contribution in [0.5, 0.6) is 0 Å². The molecule has 1 aliphatic carbocycles. The number of hydrogen-bond donors (Lipinski definition) is 5. The van der Waals surface area contributed by atoms with Crippen LogP contribution in [-0.4, -0.2) is 49.9 Å². The van der Waals surface area contributed by atoms with Crippen LogP contribution in [0.4, 0.5) is 0 Å². The zero-order chi connectivity index (χ0) is 28.5. The largest absolute Gasteiger partial charge is 0.393 e. The standard InChI is InChI=1S/C30H48N2O7/c1-2-3-4-5-8-14-25(33)17-18-27-26(28(34)20-29(27)35)15-9-6-7-10-16-30(36)31-21-23-12-11-13-24(19-23)22-39-32(37)38/h6,9,11-13,19,26-29,34-35,37-38H,2-5,7-8,10,14-18,20-22H2,1H3,(H,31,36)/b9-6-/t26-,27-,28+,29-/m1/s1. The molecule has 5 N–H and O–H groups in total. The number of carbonyl (C=O) groups is 2. The number of allylic oxidation sites excluding steroid dienone is 2. The third-order valence-electron chi connectivity index (χ3n) is 7.51. The van der Waals surface area contributed by atoms with Gasteiger partial charge in [0.2, 0.25) is 5.91 Å². The molecule has 9 nitrogen and oxygen atoms in total. The Kier molecular flexibility index (Phi) is 16.1. The number of nitrogens with one attached hydrogen (secondary N) is 1. The van der Waals surface area contributed by atoms with Crippen LogP contribution in [0.1, 0.15) is 102 Å². The summed E-state index contributed by atoms with van der Waals surface area (Å²) in [5.74, 6) is 0.104. The van der Waals surface area contributed by atoms with Crippen molar-refractivity contribution in [2.45, 2.75) is 116 Å². The number of Topliss-reactive ketones (excluding diaryl/α,β-unsaturated/α-hetero) is 1. The van der Waals surface area contributed by atoms with Crippen LogP contribution < -0.4 is 5.32 Å². The maximum atomic E-state index is 12.3. The molecule has 0 unspecified atom stereocenters. The van der Waals surface area contributed by atoms with Crippen molar-refractivity contribution in [3.8, 4) is 0 Å². The first-order valence-electron chi connectivity index (χ1n) is 14.5. The van der Waals surface area contributed by atoms with Gasteiger partial charge in [0.1, 0.15) is 5.78 Å². The summed E-state index contributed by atoms with van der Waals surface area (Å²) >= 11 is 0. The van der Waals surface area contributed by atoms with Gasteiger partial charge in [-0.1, -0.05) is 69.0 Å². The van der Waals surface area contributed by atoms with E-state index in [0.717, 1.165) is 30.4 Å². The maximum absolute atomic E-state index is 12.3. The van der Waals surface area contributed by atoms with Gasteiger partial charge in [0, 0.05) is 25.8 Å². The minimum absolute atomic E-state index is 0.00394. The first-order valence-corrected chi connectivity index (χ1v) is 14.5. The van der Waals surface area contributed by atoms with Gasteiger partial charge in [-0.3, -0.25) is 20.0 Å². The summed E-state index contributed by atoms with van der Waals surface area (Å²) < 4.78 is 0. The van der Waals surface area contributed by atoms with Crippen LogP contribution in [0.3, 0.4) is 0 Å². The third-order valence-corrected chi connectivity index (χ3v) is 7.51. The van der Waals surface area contributed by atoms with E-state index in [0.29, 0.717) is 51.5 Å². The van der Waals surface area contributed by atoms with Gasteiger partial charge in [-0.05, 0) is 61.5 Å². The lowest BCUT2D eigenvalue weighted by atomic mass is 9.86. The Labute approximate surface area is 232 Å². The van der Waals surface area contributed by atoms with Crippen molar-refractivity contribution in [3.05, 3.63) is 47.5 Å². The molecule has 0 spiro atoms. The fourth-order valence-electron chi connectivity index (χ4n) is 5.29. The number of nitrogens with zero attached hydrogens (tertiary/aromatic N) is 1. The van der Waals surface area contributed by atoms with Crippen LogP contribution in [-0.2, 0) is 27.6 Å². The van der Waals surface area contributed by atoms with Crippen molar-refractivity contribution < 1.29 is 35.1 Å². The lowest BCUT2D eigenvalue weighted by Gasteiger charge is -2.22. The SMILES string of the molecule is CCCCCCCC(=O)CC[C@@H]1[C@@H](C/C=C\CCCC(=O)NCc2cccc(CON(O)O)c2)[C@@H](O)C[C@H]1O. The summed E-state index contributed by atoms with van der Waals surface area (Å²) in [6, 6.07) is 7.28. The third kappa shape index (κ3) is 13.7. The number of hydrogen-bond acceptors (Lipinski definition) is 8. The first-order chi connectivity index (χ1) is 18.8. The summed E-state index contributed by atoms with van der Waals surface area (Å²) in [7, 11) is 0. The second kappa shape index (κ2) is 19.0. The van der Waals surface area contributed by atoms with Gasteiger partial charge in [0.05, 0.1) is 24.2 Å². The van der Waals surface area contributed by atoms with E-state index in [-0.39, 0.29) is 35.5 Å². The second-order valence-corrected chi connectivity index (χ2v) is 10.7. The van der Waals surface area contributed by atoms with Crippen LogP contribution in [0, 0.1) is 11.8 Å². The number of rotatable bonds is 20. The van der Waals surface area contributed by atoms with E-state index >= 15 is 0 Å². The normalized spacial score (nSPS) is 21.2. The van der Waals surface area contributed by atoms with Gasteiger partial charge in [-0.2, -0.15) is 0 Å². The molecule has 0 saturated heterocycles. The highest BCUT2D eigenvalue weighted by Crippen LogP contribution is 2.38. The van der Waals surface area contributed by atoms with Crippen molar-refractivity contribution >= 4 is 11.7 Å². The van der Waals surface area contributed by atoms with Gasteiger partial charge in [-0.15, -0.1) is 0 Å². The van der Waals surface area contributed by atoms with Crippen molar-refractivity contribution in [2.75, 3.05) is 0 Å². The zero-order valence-corrected chi connectivity index (χ0v) is 23.3. The summed E-state index contributed by atoms with van der Waals surface area (Å²) in [4.78, 5) is 29.1. The number of ketones is 1. The molecule has 39 heavy (non-hydrogen) atoms. The topological polar surface area (TPSA) is 140 Å². The fraction of sp³-hybridized carbons (Fsp3) is 0.667. The maximum Gasteiger partial charge on any atom is 0.220 e. The molecule has 1 fully saturated rings. The summed E-state index contributed by atoms with van der Waals surface area (Å²) in [5.41, 5.74) is 1.62. The number of aliphatic hydroxyl groups is 2. The Hall–Kier alpha value is -2.14. The number of carbonyl (C=O) groups excluding carboxylic acids is 2. The summed E-state index contributed by atoms with van der Waals surface area (Å²) in [6.45, 7) is 2.54. The molecule has 9 heteroatoms. The van der Waals surface area contributed by atoms with E-state index < -0.39 is 12.2 Å². The van der Waals surface area contributed by atoms with E-state index in [2.05, 4.69) is 17.1 Å². The molecule has 1 saturated carbocycles. The fourth-order valence-corrected chi connectivity index (χ4v) is 5.29. The quantitative estimate of drug-likeness (QED) is 0.0871. The van der Waals surface area contributed by atoms with Crippen LogP contribution in [0.25, 0.3) is 0 Å². The minimum Gasteiger partial charge on any atom is -0.393 e. The van der Waals surface area contributed by atoms with E-state index in [1.165, 1.54) is 19.3 Å². The zero-order valence-electron chi connectivity index (χ0n) is 23.3. The van der Waals surface area contributed by atoms with E-state index in [1.54, 1.807) is 6.07 Å². The summed E-state index contributed by atoms with van der Waals surface area (Å²) in [5, 5.41) is 40.7. The molecule has 1 amide bonds. The molecule has 0 aromatic heterocycles. The van der Waals surface area contributed by atoms with Gasteiger partial charge >= 0.3 is 0 Å². The molecule has 4 atom stereocenters. The molecule has 1 aromatic carbocycles. The predicted molar refractivity (Wildman–Crippen MR) is 147 cm³/mol. The average Bonchev–Trinajstić information content (AvgIpc) is 3.18. The molecule has 0 aliphatic heterocycles. The molecule has 0 radical (unpaired) electrons. The van der Waals surface area contributed by atoms with Crippen molar-refractivity contribution in [3.63, 3.8) is 0 Å². The first kappa shape index (κ1) is 33.1. The molecular formula is C30H48N2O7. The van der Waals surface area contributed by atoms with Gasteiger partial charge in [0.15, 0.2) is 0 Å².